The Bertz CT molecular complexity index is 932. The number of nitrogens with one attached hydrogen (secondary N) is 1. The molecule has 2 aromatic rings. The molecule has 3 fully saturated rings. The van der Waals surface area contributed by atoms with Gasteiger partial charge in [0, 0.05) is 44.6 Å². The van der Waals surface area contributed by atoms with Gasteiger partial charge < -0.3 is 10.2 Å². The minimum atomic E-state index is -0.0187. The fourth-order valence-electron chi connectivity index (χ4n) is 4.74. The molecule has 28 heavy (non-hydrogen) atoms. The summed E-state index contributed by atoms with van der Waals surface area (Å²) >= 11 is 0. The number of likely N-dealkylation sites (tertiary alicyclic amines) is 1. The first-order valence-electron chi connectivity index (χ1n) is 9.97. The molecule has 1 spiro atoms. The fourth-order valence-corrected chi connectivity index (χ4v) is 4.74. The van der Waals surface area contributed by atoms with Gasteiger partial charge in [0.2, 0.25) is 5.95 Å². The third-order valence-corrected chi connectivity index (χ3v) is 6.65. The minimum Gasteiger partial charge on any atom is -0.352 e. The average Bonchev–Trinajstić information content (AvgIpc) is 3.06. The van der Waals surface area contributed by atoms with E-state index in [1.54, 1.807) is 10.9 Å². The van der Waals surface area contributed by atoms with Gasteiger partial charge in [0.15, 0.2) is 0 Å². The van der Waals surface area contributed by atoms with Crippen molar-refractivity contribution in [2.24, 2.45) is 12.5 Å². The van der Waals surface area contributed by atoms with Gasteiger partial charge in [-0.2, -0.15) is 15.3 Å². The molecular weight excluding hydrogens is 352 g/mol. The second-order valence-electron chi connectivity index (χ2n) is 8.81. The Labute approximate surface area is 165 Å². The molecule has 4 heterocycles. The maximum absolute atomic E-state index is 9.46. The number of anilines is 3. The maximum Gasteiger partial charge on any atom is 0.229 e. The molecule has 5 rings (SSSR count). The van der Waals surface area contributed by atoms with E-state index in [9.17, 15) is 5.26 Å². The van der Waals surface area contributed by atoms with E-state index in [0.29, 0.717) is 17.8 Å². The van der Waals surface area contributed by atoms with Gasteiger partial charge in [0.25, 0.3) is 0 Å². The second kappa shape index (κ2) is 6.17. The first-order chi connectivity index (χ1) is 13.5. The number of hydrogen-bond acceptors (Lipinski definition) is 7. The summed E-state index contributed by atoms with van der Waals surface area (Å²) in [6.45, 7) is 6.06. The first kappa shape index (κ1) is 17.4. The van der Waals surface area contributed by atoms with Gasteiger partial charge in [-0.3, -0.25) is 9.58 Å². The van der Waals surface area contributed by atoms with Gasteiger partial charge in [-0.05, 0) is 38.1 Å². The van der Waals surface area contributed by atoms with Crippen LogP contribution in [0.2, 0.25) is 0 Å². The Morgan fingerprint density at radius 1 is 1.21 bits per heavy atom. The largest absolute Gasteiger partial charge is 0.352 e. The van der Waals surface area contributed by atoms with Crippen LogP contribution in [0.25, 0.3) is 0 Å². The highest BCUT2D eigenvalue weighted by atomic mass is 15.4. The van der Waals surface area contributed by atoms with E-state index in [0.717, 1.165) is 36.7 Å². The van der Waals surface area contributed by atoms with E-state index < -0.39 is 0 Å². The first-order valence-corrected chi connectivity index (χ1v) is 9.97. The van der Waals surface area contributed by atoms with Crippen molar-refractivity contribution < 1.29 is 0 Å². The molecular formula is C20H26N8. The van der Waals surface area contributed by atoms with E-state index in [2.05, 4.69) is 31.3 Å². The van der Waals surface area contributed by atoms with Crippen LogP contribution < -0.4 is 10.2 Å². The standard InChI is InChI=1S/C20H26N8/c1-15-9-22-18(24-16-10-23-26(2)11-16)25-17(15)27-13-20(14-27,5-7-21)28-8-6-19(12-28)3-4-19/h9-11H,3-6,8,12-14H2,1-2H3,(H,22,24,25). The number of hydrogen-bond donors (Lipinski definition) is 1. The number of nitriles is 1. The van der Waals surface area contributed by atoms with E-state index >= 15 is 0 Å². The van der Waals surface area contributed by atoms with Gasteiger partial charge in [-0.1, -0.05) is 0 Å². The minimum absolute atomic E-state index is 0.0187. The molecule has 0 bridgehead atoms. The lowest BCUT2D eigenvalue weighted by molar-refractivity contribution is 0.0809. The molecule has 0 unspecified atom stereocenters. The van der Waals surface area contributed by atoms with Crippen molar-refractivity contribution in [2.75, 3.05) is 36.4 Å². The van der Waals surface area contributed by atoms with Gasteiger partial charge in [-0.25, -0.2) is 4.98 Å². The monoisotopic (exact) mass is 378 g/mol. The van der Waals surface area contributed by atoms with Crippen LogP contribution in [0.15, 0.2) is 18.6 Å². The van der Waals surface area contributed by atoms with Crippen molar-refractivity contribution in [1.82, 2.24) is 24.6 Å². The maximum atomic E-state index is 9.46. The van der Waals surface area contributed by atoms with E-state index in [1.165, 1.54) is 25.8 Å². The topological polar surface area (TPSA) is 85.9 Å². The summed E-state index contributed by atoms with van der Waals surface area (Å²) in [6.07, 6.45) is 10.1. The second-order valence-corrected chi connectivity index (χ2v) is 8.81. The summed E-state index contributed by atoms with van der Waals surface area (Å²) in [5.41, 5.74) is 2.48. The lowest BCUT2D eigenvalue weighted by Gasteiger charge is -2.55. The molecule has 0 amide bonds. The van der Waals surface area contributed by atoms with Crippen LogP contribution in [-0.2, 0) is 7.05 Å². The van der Waals surface area contributed by atoms with E-state index in [1.807, 2.05) is 26.4 Å². The SMILES string of the molecule is Cc1cnc(Nc2cnn(C)c2)nc1N1CC(CC#N)(N2CCC3(CC3)C2)C1. The summed E-state index contributed by atoms with van der Waals surface area (Å²) in [5.74, 6) is 1.53. The lowest BCUT2D eigenvalue weighted by Crippen LogP contribution is -2.70. The van der Waals surface area contributed by atoms with Crippen molar-refractivity contribution in [1.29, 1.82) is 5.26 Å². The summed E-state index contributed by atoms with van der Waals surface area (Å²) in [4.78, 5) is 14.1. The molecule has 146 valence electrons. The highest BCUT2D eigenvalue weighted by Crippen LogP contribution is 2.55. The Hall–Kier alpha value is -2.66. The highest BCUT2D eigenvalue weighted by Gasteiger charge is 2.56. The Kier molecular flexibility index (Phi) is 3.85. The van der Waals surface area contributed by atoms with Crippen LogP contribution in [0.4, 0.5) is 17.5 Å². The Morgan fingerprint density at radius 3 is 2.68 bits per heavy atom. The molecule has 2 aromatic heterocycles. The summed E-state index contributed by atoms with van der Waals surface area (Å²) in [5, 5.41) is 16.8. The molecule has 3 aliphatic rings. The predicted molar refractivity (Wildman–Crippen MR) is 106 cm³/mol. The molecule has 0 radical (unpaired) electrons. The van der Waals surface area contributed by atoms with Gasteiger partial charge >= 0.3 is 0 Å². The Morgan fingerprint density at radius 2 is 2.04 bits per heavy atom. The normalized spacial score (nSPS) is 22.1. The van der Waals surface area contributed by atoms with Crippen molar-refractivity contribution in [2.45, 2.75) is 38.1 Å². The molecule has 0 aromatic carbocycles. The number of aromatic nitrogens is 4. The van der Waals surface area contributed by atoms with Gasteiger partial charge in [0.05, 0.1) is 29.9 Å². The lowest BCUT2D eigenvalue weighted by atomic mass is 9.84. The molecule has 2 saturated heterocycles. The van der Waals surface area contributed by atoms with Gasteiger partial charge in [-0.15, -0.1) is 0 Å². The Balaban J connectivity index is 1.33. The van der Waals surface area contributed by atoms with E-state index in [-0.39, 0.29) is 5.54 Å². The molecule has 1 aliphatic carbocycles. The zero-order chi connectivity index (χ0) is 19.4. The summed E-state index contributed by atoms with van der Waals surface area (Å²) in [7, 11) is 1.88. The van der Waals surface area contributed by atoms with Crippen molar-refractivity contribution in [3.63, 3.8) is 0 Å². The van der Waals surface area contributed by atoms with Crippen LogP contribution in [0.5, 0.6) is 0 Å². The van der Waals surface area contributed by atoms with Crippen molar-refractivity contribution in [3.05, 3.63) is 24.2 Å². The number of rotatable bonds is 5. The van der Waals surface area contributed by atoms with E-state index in [4.69, 9.17) is 4.98 Å². The third kappa shape index (κ3) is 2.90. The average molecular weight is 378 g/mol. The molecule has 8 nitrogen and oxygen atoms in total. The van der Waals surface area contributed by atoms with Crippen LogP contribution in [0, 0.1) is 23.7 Å². The van der Waals surface area contributed by atoms with Crippen LogP contribution in [-0.4, -0.2) is 56.4 Å². The summed E-state index contributed by atoms with van der Waals surface area (Å²) < 4.78 is 1.74. The summed E-state index contributed by atoms with van der Waals surface area (Å²) in [6, 6.07) is 2.45. The van der Waals surface area contributed by atoms with Crippen molar-refractivity contribution >= 4 is 17.5 Å². The van der Waals surface area contributed by atoms with Crippen molar-refractivity contribution in [3.8, 4) is 6.07 Å². The fraction of sp³-hybridized carbons (Fsp3) is 0.600. The van der Waals surface area contributed by atoms with Gasteiger partial charge in [0.1, 0.15) is 5.82 Å². The third-order valence-electron chi connectivity index (χ3n) is 6.65. The molecule has 8 heteroatoms. The highest BCUT2D eigenvalue weighted by molar-refractivity contribution is 5.57. The molecule has 1 N–H and O–H groups in total. The smallest absolute Gasteiger partial charge is 0.229 e. The number of nitrogens with zero attached hydrogens (tertiary/aromatic N) is 7. The van der Waals surface area contributed by atoms with Crippen LogP contribution in [0.1, 0.15) is 31.2 Å². The quantitative estimate of drug-likeness (QED) is 0.854. The molecule has 2 aliphatic heterocycles. The molecule has 1 saturated carbocycles. The zero-order valence-electron chi connectivity index (χ0n) is 16.5. The zero-order valence-corrected chi connectivity index (χ0v) is 16.5. The molecule has 0 atom stereocenters. The van der Waals surface area contributed by atoms with Crippen LogP contribution in [0.3, 0.4) is 0 Å². The predicted octanol–water partition coefficient (Wildman–Crippen LogP) is 2.22. The van der Waals surface area contributed by atoms with Crippen LogP contribution >= 0.6 is 0 Å². The number of aryl methyl sites for hydroxylation is 2.